The summed E-state index contributed by atoms with van der Waals surface area (Å²) in [6.07, 6.45) is -4.85. The van der Waals surface area contributed by atoms with Crippen LogP contribution in [-0.2, 0) is 9.59 Å². The van der Waals surface area contributed by atoms with Gasteiger partial charge in [-0.3, -0.25) is 9.59 Å². The third-order valence-corrected chi connectivity index (χ3v) is 4.82. The first-order valence-electron chi connectivity index (χ1n) is 6.92. The molecule has 2 amide bonds. The van der Waals surface area contributed by atoms with Crippen molar-refractivity contribution in [1.29, 1.82) is 0 Å². The molecule has 2 N–H and O–H groups in total. The number of thiophene rings is 1. The van der Waals surface area contributed by atoms with Crippen molar-refractivity contribution in [2.75, 3.05) is 0 Å². The van der Waals surface area contributed by atoms with Gasteiger partial charge in [0.15, 0.2) is 0 Å². The van der Waals surface area contributed by atoms with Crippen LogP contribution in [0, 0.1) is 12.8 Å². The number of halogens is 3. The number of alkyl halides is 3. The minimum absolute atomic E-state index is 0.0992. The third kappa shape index (κ3) is 3.79. The number of nitrogens with one attached hydrogen (secondary N) is 2. The van der Waals surface area contributed by atoms with E-state index in [4.69, 9.17) is 0 Å². The van der Waals surface area contributed by atoms with E-state index in [0.29, 0.717) is 0 Å². The molecule has 0 saturated carbocycles. The van der Waals surface area contributed by atoms with Gasteiger partial charge in [0.2, 0.25) is 11.8 Å². The standard InChI is InChI=1S/C14H17F3N2O2S/c1-7-3-5-10(22-7)8(2)18-12(20)9-4-6-11(14(15,16)17)19-13(9)21/h3,5,8-9,11H,4,6H2,1-2H3,(H,18,20)(H,19,21)/t8-,9-,11+/m0/s1. The number of piperidine rings is 1. The third-order valence-electron chi connectivity index (χ3n) is 3.64. The first kappa shape index (κ1) is 16.8. The summed E-state index contributed by atoms with van der Waals surface area (Å²) >= 11 is 1.53. The summed E-state index contributed by atoms with van der Waals surface area (Å²) in [6.45, 7) is 3.72. The van der Waals surface area contributed by atoms with E-state index in [0.717, 1.165) is 9.75 Å². The van der Waals surface area contributed by atoms with Gasteiger partial charge >= 0.3 is 6.18 Å². The lowest BCUT2D eigenvalue weighted by atomic mass is 9.92. The second-order valence-corrected chi connectivity index (χ2v) is 6.73. The molecule has 0 aliphatic carbocycles. The first-order valence-corrected chi connectivity index (χ1v) is 7.74. The predicted molar refractivity (Wildman–Crippen MR) is 76.3 cm³/mol. The summed E-state index contributed by atoms with van der Waals surface area (Å²) in [5.41, 5.74) is 0. The lowest BCUT2D eigenvalue weighted by Crippen LogP contribution is -2.54. The Balaban J connectivity index is 1.95. The van der Waals surface area contributed by atoms with Crippen LogP contribution in [0.2, 0.25) is 0 Å². The van der Waals surface area contributed by atoms with Crippen LogP contribution in [0.25, 0.3) is 0 Å². The number of carbonyl (C=O) groups excluding carboxylic acids is 2. The summed E-state index contributed by atoms with van der Waals surface area (Å²) in [6, 6.07) is 1.66. The normalized spacial score (nSPS) is 23.8. The summed E-state index contributed by atoms with van der Waals surface area (Å²) in [4.78, 5) is 25.9. The van der Waals surface area contributed by atoms with Gasteiger partial charge in [0.25, 0.3) is 0 Å². The zero-order chi connectivity index (χ0) is 16.5. The number of rotatable bonds is 3. The van der Waals surface area contributed by atoms with E-state index in [1.807, 2.05) is 24.4 Å². The van der Waals surface area contributed by atoms with Gasteiger partial charge in [0.1, 0.15) is 12.0 Å². The second kappa shape index (κ2) is 6.28. The first-order chi connectivity index (χ1) is 10.2. The van der Waals surface area contributed by atoms with Crippen LogP contribution < -0.4 is 10.6 Å². The maximum absolute atomic E-state index is 12.6. The van der Waals surface area contributed by atoms with E-state index < -0.39 is 30.0 Å². The molecule has 3 atom stereocenters. The number of carbonyl (C=O) groups is 2. The van der Waals surface area contributed by atoms with Gasteiger partial charge in [0, 0.05) is 9.75 Å². The molecule has 22 heavy (non-hydrogen) atoms. The van der Waals surface area contributed by atoms with Crippen molar-refractivity contribution in [1.82, 2.24) is 10.6 Å². The monoisotopic (exact) mass is 334 g/mol. The van der Waals surface area contributed by atoms with Crippen LogP contribution in [0.1, 0.15) is 35.6 Å². The second-order valence-electron chi connectivity index (χ2n) is 5.41. The Morgan fingerprint density at radius 1 is 1.41 bits per heavy atom. The maximum Gasteiger partial charge on any atom is 0.408 e. The lowest BCUT2D eigenvalue weighted by Gasteiger charge is -2.30. The van der Waals surface area contributed by atoms with E-state index in [2.05, 4.69) is 5.32 Å². The number of amides is 2. The molecule has 122 valence electrons. The van der Waals surface area contributed by atoms with E-state index in [1.165, 1.54) is 11.3 Å². The fourth-order valence-corrected chi connectivity index (χ4v) is 3.26. The fraction of sp³-hybridized carbons (Fsp3) is 0.571. The quantitative estimate of drug-likeness (QED) is 0.835. The van der Waals surface area contributed by atoms with Crippen molar-refractivity contribution in [2.24, 2.45) is 5.92 Å². The Labute approximate surface area is 130 Å². The van der Waals surface area contributed by atoms with Crippen LogP contribution in [0.4, 0.5) is 13.2 Å². The molecule has 0 unspecified atom stereocenters. The summed E-state index contributed by atoms with van der Waals surface area (Å²) in [7, 11) is 0. The molecule has 8 heteroatoms. The Morgan fingerprint density at radius 2 is 2.09 bits per heavy atom. The zero-order valence-corrected chi connectivity index (χ0v) is 13.0. The van der Waals surface area contributed by atoms with Gasteiger partial charge in [-0.2, -0.15) is 13.2 Å². The Bertz CT molecular complexity index is 571. The topological polar surface area (TPSA) is 58.2 Å². The molecule has 0 radical (unpaired) electrons. The molecule has 1 aromatic heterocycles. The molecule has 1 aliphatic heterocycles. The average molecular weight is 334 g/mol. The van der Waals surface area contributed by atoms with Gasteiger partial charge in [-0.25, -0.2) is 0 Å². The summed E-state index contributed by atoms with van der Waals surface area (Å²) in [5, 5.41) is 4.57. The van der Waals surface area contributed by atoms with Gasteiger partial charge in [-0.05, 0) is 38.8 Å². The summed E-state index contributed by atoms with van der Waals surface area (Å²) in [5.74, 6) is -2.46. The molecule has 1 aliphatic rings. The van der Waals surface area contributed by atoms with Crippen molar-refractivity contribution in [3.63, 3.8) is 0 Å². The van der Waals surface area contributed by atoms with Crippen LogP contribution in [0.3, 0.4) is 0 Å². The van der Waals surface area contributed by atoms with Crippen molar-refractivity contribution < 1.29 is 22.8 Å². The van der Waals surface area contributed by atoms with Crippen LogP contribution >= 0.6 is 11.3 Å². The highest BCUT2D eigenvalue weighted by Gasteiger charge is 2.45. The Hall–Kier alpha value is -1.57. The molecule has 0 spiro atoms. The number of aryl methyl sites for hydroxylation is 1. The molecular weight excluding hydrogens is 317 g/mol. The van der Waals surface area contributed by atoms with Gasteiger partial charge in [-0.1, -0.05) is 0 Å². The molecule has 2 rings (SSSR count). The minimum atomic E-state index is -4.47. The van der Waals surface area contributed by atoms with Crippen molar-refractivity contribution in [2.45, 2.75) is 44.9 Å². The van der Waals surface area contributed by atoms with E-state index in [1.54, 1.807) is 6.92 Å². The molecule has 0 bridgehead atoms. The van der Waals surface area contributed by atoms with Gasteiger partial charge in [0.05, 0.1) is 6.04 Å². The molecule has 4 nitrogen and oxygen atoms in total. The van der Waals surface area contributed by atoms with E-state index in [-0.39, 0.29) is 18.9 Å². The maximum atomic E-state index is 12.6. The van der Waals surface area contributed by atoms with Gasteiger partial charge < -0.3 is 10.6 Å². The smallest absolute Gasteiger partial charge is 0.348 e. The number of hydrogen-bond acceptors (Lipinski definition) is 3. The van der Waals surface area contributed by atoms with Crippen LogP contribution in [-0.4, -0.2) is 24.0 Å². The van der Waals surface area contributed by atoms with Crippen molar-refractivity contribution >= 4 is 23.2 Å². The molecule has 2 heterocycles. The molecule has 1 saturated heterocycles. The average Bonchev–Trinajstić information content (AvgIpc) is 2.84. The number of hydrogen-bond donors (Lipinski definition) is 2. The lowest BCUT2D eigenvalue weighted by molar-refractivity contribution is -0.171. The Morgan fingerprint density at radius 3 is 2.59 bits per heavy atom. The summed E-state index contributed by atoms with van der Waals surface area (Å²) < 4.78 is 37.7. The van der Waals surface area contributed by atoms with E-state index in [9.17, 15) is 22.8 Å². The highest BCUT2D eigenvalue weighted by Crippen LogP contribution is 2.29. The van der Waals surface area contributed by atoms with E-state index >= 15 is 0 Å². The molecule has 1 fully saturated rings. The van der Waals surface area contributed by atoms with Gasteiger partial charge in [-0.15, -0.1) is 11.3 Å². The van der Waals surface area contributed by atoms with Crippen molar-refractivity contribution in [3.05, 3.63) is 21.9 Å². The van der Waals surface area contributed by atoms with Crippen LogP contribution in [0.15, 0.2) is 12.1 Å². The molecule has 1 aromatic rings. The van der Waals surface area contributed by atoms with Crippen molar-refractivity contribution in [3.8, 4) is 0 Å². The molecular formula is C14H17F3N2O2S. The largest absolute Gasteiger partial charge is 0.408 e. The molecule has 0 aromatic carbocycles. The SMILES string of the molecule is Cc1ccc([C@H](C)NC(=O)[C@@H]2CC[C@H](C(F)(F)F)NC2=O)s1. The minimum Gasteiger partial charge on any atom is -0.348 e. The predicted octanol–water partition coefficient (Wildman–Crippen LogP) is 2.69. The zero-order valence-electron chi connectivity index (χ0n) is 12.2. The highest BCUT2D eigenvalue weighted by atomic mass is 32.1. The highest BCUT2D eigenvalue weighted by molar-refractivity contribution is 7.12. The fourth-order valence-electron chi connectivity index (χ4n) is 2.38. The Kier molecular flexibility index (Phi) is 4.79. The van der Waals surface area contributed by atoms with Crippen LogP contribution in [0.5, 0.6) is 0 Å².